The van der Waals surface area contributed by atoms with E-state index in [1.54, 1.807) is 0 Å². The van der Waals surface area contributed by atoms with Gasteiger partial charge >= 0.3 is 0 Å². The molecule has 5 atom stereocenters. The Hall–Kier alpha value is -0.260. The SMILES string of the molecule is C=C(CCC)C(C)C(CC)C(C(C)CCC)C(CC)CCC. The van der Waals surface area contributed by atoms with E-state index in [1.165, 1.54) is 56.9 Å². The van der Waals surface area contributed by atoms with Crippen molar-refractivity contribution in [2.75, 3.05) is 0 Å². The van der Waals surface area contributed by atoms with Gasteiger partial charge in [-0.05, 0) is 36.0 Å². The van der Waals surface area contributed by atoms with Crippen molar-refractivity contribution in [3.8, 4) is 0 Å². The molecule has 0 aromatic carbocycles. The summed E-state index contributed by atoms with van der Waals surface area (Å²) in [6.45, 7) is 21.2. The molecule has 0 nitrogen and oxygen atoms in total. The van der Waals surface area contributed by atoms with Crippen LogP contribution in [0.1, 0.15) is 99.8 Å². The van der Waals surface area contributed by atoms with E-state index in [2.05, 4.69) is 55.0 Å². The second kappa shape index (κ2) is 12.2. The fraction of sp³-hybridized carbons (Fsp3) is 0.909. The molecule has 132 valence electrons. The Morgan fingerprint density at radius 2 is 1.41 bits per heavy atom. The summed E-state index contributed by atoms with van der Waals surface area (Å²) in [4.78, 5) is 0. The van der Waals surface area contributed by atoms with Gasteiger partial charge < -0.3 is 0 Å². The molecule has 0 radical (unpaired) electrons. The summed E-state index contributed by atoms with van der Waals surface area (Å²) in [7, 11) is 0. The topological polar surface area (TPSA) is 0 Å². The maximum absolute atomic E-state index is 4.43. The van der Waals surface area contributed by atoms with Crippen molar-refractivity contribution in [1.29, 1.82) is 0 Å². The maximum Gasteiger partial charge on any atom is -0.0203 e. The summed E-state index contributed by atoms with van der Waals surface area (Å²) in [6, 6.07) is 0. The highest BCUT2D eigenvalue weighted by molar-refractivity contribution is 5.03. The lowest BCUT2D eigenvalue weighted by molar-refractivity contribution is 0.102. The van der Waals surface area contributed by atoms with Crippen LogP contribution in [0.2, 0.25) is 0 Å². The van der Waals surface area contributed by atoms with Gasteiger partial charge in [-0.25, -0.2) is 0 Å². The minimum Gasteiger partial charge on any atom is -0.0996 e. The number of hydrogen-bond donors (Lipinski definition) is 0. The predicted molar refractivity (Wildman–Crippen MR) is 103 cm³/mol. The standard InChI is InChI=1S/C22H44/c1-9-14-17(6)19(8)21(13-5)22(18(7)15-10-2)20(12-4)16-11-3/h18-22H,6,9-16H2,1-5,7-8H3. The molecule has 0 aromatic rings. The third-order valence-electron chi connectivity index (χ3n) is 5.95. The van der Waals surface area contributed by atoms with Gasteiger partial charge in [0.2, 0.25) is 0 Å². The van der Waals surface area contributed by atoms with E-state index in [0.29, 0.717) is 5.92 Å². The fourth-order valence-electron chi connectivity index (χ4n) is 4.73. The normalized spacial score (nSPS) is 18.5. The first-order chi connectivity index (χ1) is 10.5. The van der Waals surface area contributed by atoms with Gasteiger partial charge in [-0.1, -0.05) is 106 Å². The van der Waals surface area contributed by atoms with Gasteiger partial charge in [-0.3, -0.25) is 0 Å². The van der Waals surface area contributed by atoms with Gasteiger partial charge in [-0.2, -0.15) is 0 Å². The van der Waals surface area contributed by atoms with E-state index >= 15 is 0 Å². The zero-order valence-corrected chi connectivity index (χ0v) is 16.8. The lowest BCUT2D eigenvalue weighted by Gasteiger charge is -2.41. The number of allylic oxidation sites excluding steroid dienone is 1. The molecule has 0 bridgehead atoms. The molecule has 0 aliphatic rings. The lowest BCUT2D eigenvalue weighted by Crippen LogP contribution is -2.33. The number of hydrogen-bond acceptors (Lipinski definition) is 0. The van der Waals surface area contributed by atoms with Crippen molar-refractivity contribution >= 4 is 0 Å². The van der Waals surface area contributed by atoms with Crippen LogP contribution in [0.5, 0.6) is 0 Å². The second-order valence-electron chi connectivity index (χ2n) is 7.57. The summed E-state index contributed by atoms with van der Waals surface area (Å²) in [5.74, 6) is 4.12. The van der Waals surface area contributed by atoms with Crippen molar-refractivity contribution < 1.29 is 0 Å². The largest absolute Gasteiger partial charge is 0.0996 e. The summed E-state index contributed by atoms with van der Waals surface area (Å²) in [6.07, 6.45) is 10.5. The monoisotopic (exact) mass is 308 g/mol. The third kappa shape index (κ3) is 6.47. The minimum atomic E-state index is 0.681. The molecule has 0 heteroatoms. The van der Waals surface area contributed by atoms with Crippen LogP contribution in [0.15, 0.2) is 12.2 Å². The molecule has 0 spiro atoms. The molecule has 0 rings (SSSR count). The molecule has 5 unspecified atom stereocenters. The van der Waals surface area contributed by atoms with E-state index < -0.39 is 0 Å². The van der Waals surface area contributed by atoms with Crippen LogP contribution >= 0.6 is 0 Å². The lowest BCUT2D eigenvalue weighted by atomic mass is 9.64. The highest BCUT2D eigenvalue weighted by atomic mass is 14.4. The minimum absolute atomic E-state index is 0.681. The highest BCUT2D eigenvalue weighted by Crippen LogP contribution is 2.43. The fourth-order valence-corrected chi connectivity index (χ4v) is 4.73. The third-order valence-corrected chi connectivity index (χ3v) is 5.95. The first kappa shape index (κ1) is 21.7. The Labute approximate surface area is 142 Å². The zero-order valence-electron chi connectivity index (χ0n) is 16.8. The molecule has 22 heavy (non-hydrogen) atoms. The molecular formula is C22H44. The Kier molecular flexibility index (Phi) is 12.1. The van der Waals surface area contributed by atoms with Crippen LogP contribution in [0.25, 0.3) is 0 Å². The molecule has 0 aromatic heterocycles. The molecular weight excluding hydrogens is 264 g/mol. The van der Waals surface area contributed by atoms with Crippen LogP contribution in [0, 0.1) is 29.6 Å². The van der Waals surface area contributed by atoms with E-state index in [9.17, 15) is 0 Å². The van der Waals surface area contributed by atoms with Crippen molar-refractivity contribution in [3.63, 3.8) is 0 Å². The first-order valence-corrected chi connectivity index (χ1v) is 10.2. The van der Waals surface area contributed by atoms with Gasteiger partial charge in [-0.15, -0.1) is 0 Å². The van der Waals surface area contributed by atoms with Crippen molar-refractivity contribution in [2.24, 2.45) is 29.6 Å². The average molecular weight is 309 g/mol. The van der Waals surface area contributed by atoms with Crippen LogP contribution in [0.3, 0.4) is 0 Å². The Morgan fingerprint density at radius 1 is 0.818 bits per heavy atom. The molecule has 0 saturated carbocycles. The van der Waals surface area contributed by atoms with Gasteiger partial charge in [0, 0.05) is 0 Å². The Balaban J connectivity index is 5.34. The van der Waals surface area contributed by atoms with E-state index in [0.717, 1.165) is 23.7 Å². The van der Waals surface area contributed by atoms with Gasteiger partial charge in [0.1, 0.15) is 0 Å². The molecule has 0 aliphatic heterocycles. The van der Waals surface area contributed by atoms with Crippen molar-refractivity contribution in [3.05, 3.63) is 12.2 Å². The summed E-state index contributed by atoms with van der Waals surface area (Å²) in [5.41, 5.74) is 1.49. The van der Waals surface area contributed by atoms with Gasteiger partial charge in [0.15, 0.2) is 0 Å². The maximum atomic E-state index is 4.43. The smallest absolute Gasteiger partial charge is 0.0203 e. The van der Waals surface area contributed by atoms with Crippen LogP contribution in [-0.2, 0) is 0 Å². The van der Waals surface area contributed by atoms with Crippen LogP contribution in [0.4, 0.5) is 0 Å². The van der Waals surface area contributed by atoms with Gasteiger partial charge in [0.05, 0.1) is 0 Å². The quantitative estimate of drug-likeness (QED) is 0.303. The van der Waals surface area contributed by atoms with Crippen LogP contribution in [-0.4, -0.2) is 0 Å². The van der Waals surface area contributed by atoms with Crippen molar-refractivity contribution in [2.45, 2.75) is 99.8 Å². The average Bonchev–Trinajstić information content (AvgIpc) is 2.50. The van der Waals surface area contributed by atoms with E-state index in [-0.39, 0.29) is 0 Å². The van der Waals surface area contributed by atoms with Crippen molar-refractivity contribution in [1.82, 2.24) is 0 Å². The van der Waals surface area contributed by atoms with Crippen LogP contribution < -0.4 is 0 Å². The zero-order chi connectivity index (χ0) is 17.1. The highest BCUT2D eigenvalue weighted by Gasteiger charge is 2.34. The molecule has 0 fully saturated rings. The Bertz CT molecular complexity index is 278. The second-order valence-corrected chi connectivity index (χ2v) is 7.57. The van der Waals surface area contributed by atoms with E-state index in [4.69, 9.17) is 0 Å². The molecule has 0 heterocycles. The summed E-state index contributed by atoms with van der Waals surface area (Å²) < 4.78 is 0. The van der Waals surface area contributed by atoms with Gasteiger partial charge in [0.25, 0.3) is 0 Å². The molecule has 0 aliphatic carbocycles. The molecule has 0 saturated heterocycles. The Morgan fingerprint density at radius 3 is 1.82 bits per heavy atom. The molecule has 0 amide bonds. The number of rotatable bonds is 13. The molecule has 0 N–H and O–H groups in total. The summed E-state index contributed by atoms with van der Waals surface area (Å²) >= 11 is 0. The predicted octanol–water partition coefficient (Wildman–Crippen LogP) is 7.88. The first-order valence-electron chi connectivity index (χ1n) is 10.2. The summed E-state index contributed by atoms with van der Waals surface area (Å²) in [5, 5.41) is 0. The van der Waals surface area contributed by atoms with E-state index in [1.807, 2.05) is 0 Å².